The second kappa shape index (κ2) is 8.26. The van der Waals surface area contributed by atoms with Gasteiger partial charge in [-0.3, -0.25) is 4.98 Å². The van der Waals surface area contributed by atoms with Gasteiger partial charge in [0.15, 0.2) is 11.5 Å². The number of pyridine rings is 1. The van der Waals surface area contributed by atoms with Crippen LogP contribution >= 0.6 is 0 Å². The zero-order valence-electron chi connectivity index (χ0n) is 10.8. The number of rotatable bonds is 0. The van der Waals surface area contributed by atoms with Gasteiger partial charge >= 0.3 is 0 Å². The smallest absolute Gasteiger partial charge is 0.157 e. The van der Waals surface area contributed by atoms with Crippen LogP contribution < -0.4 is 0 Å². The standard InChI is InChI=1S/C9H7N.C6H6O2.CH2O/c1-2-6-9-8(4-1)5-3-7-10-9;7-5-3-1-2-4-6(5)8;1-2/h1-7H;1-4,7-8H;1H2. The molecule has 0 saturated heterocycles. The Labute approximate surface area is 117 Å². The van der Waals surface area contributed by atoms with Crippen LogP contribution in [0.15, 0.2) is 66.9 Å². The summed E-state index contributed by atoms with van der Waals surface area (Å²) in [6.07, 6.45) is 1.81. The van der Waals surface area contributed by atoms with Crippen LogP contribution in [-0.2, 0) is 4.79 Å². The lowest BCUT2D eigenvalue weighted by Gasteiger charge is -1.91. The highest BCUT2D eigenvalue weighted by Crippen LogP contribution is 2.21. The number of nitrogens with zero attached hydrogens (tertiary/aromatic N) is 1. The maximum atomic E-state index is 8.67. The number of carbonyl (C=O) groups is 1. The molecule has 1 heterocycles. The number of phenols is 2. The van der Waals surface area contributed by atoms with Crippen LogP contribution in [0.1, 0.15) is 0 Å². The quantitative estimate of drug-likeness (QED) is 0.615. The molecule has 4 nitrogen and oxygen atoms in total. The van der Waals surface area contributed by atoms with Crippen molar-refractivity contribution in [3.05, 3.63) is 66.9 Å². The van der Waals surface area contributed by atoms with Gasteiger partial charge in [0.05, 0.1) is 5.52 Å². The van der Waals surface area contributed by atoms with Crippen LogP contribution in [0.3, 0.4) is 0 Å². The summed E-state index contributed by atoms with van der Waals surface area (Å²) >= 11 is 0. The second-order valence-corrected chi connectivity index (χ2v) is 3.68. The molecule has 4 heteroatoms. The highest BCUT2D eigenvalue weighted by Gasteiger charge is 1.90. The maximum absolute atomic E-state index is 8.67. The second-order valence-electron chi connectivity index (χ2n) is 3.68. The molecule has 0 spiro atoms. The summed E-state index contributed by atoms with van der Waals surface area (Å²) in [4.78, 5) is 12.2. The van der Waals surface area contributed by atoms with E-state index < -0.39 is 0 Å². The molecule has 2 aromatic carbocycles. The third-order valence-electron chi connectivity index (χ3n) is 2.39. The molecule has 1 aromatic heterocycles. The topological polar surface area (TPSA) is 70.4 Å². The first-order valence-electron chi connectivity index (χ1n) is 5.83. The highest BCUT2D eigenvalue weighted by atomic mass is 16.3. The number of aromatic hydroxyl groups is 2. The Bertz CT molecular complexity index is 569. The molecule has 0 amide bonds. The van der Waals surface area contributed by atoms with Crippen molar-refractivity contribution in [2.45, 2.75) is 0 Å². The molecule has 0 unspecified atom stereocenters. The van der Waals surface area contributed by atoms with Gasteiger partial charge < -0.3 is 15.0 Å². The molecule has 102 valence electrons. The highest BCUT2D eigenvalue weighted by molar-refractivity contribution is 5.77. The molecule has 0 aliphatic carbocycles. The molecule has 2 N–H and O–H groups in total. The molecule has 20 heavy (non-hydrogen) atoms. The van der Waals surface area contributed by atoms with Crippen LogP contribution in [0.4, 0.5) is 0 Å². The van der Waals surface area contributed by atoms with Crippen molar-refractivity contribution in [3.8, 4) is 11.5 Å². The molecule has 0 aliphatic rings. The van der Waals surface area contributed by atoms with Crippen molar-refractivity contribution >= 4 is 17.7 Å². The summed E-state index contributed by atoms with van der Waals surface area (Å²) in [7, 11) is 0. The van der Waals surface area contributed by atoms with E-state index in [-0.39, 0.29) is 11.5 Å². The number of phenolic OH excluding ortho intramolecular Hbond substituents is 2. The number of fused-ring (bicyclic) bond motifs is 1. The Balaban J connectivity index is 0.000000182. The number of hydrogen-bond donors (Lipinski definition) is 2. The fourth-order valence-corrected chi connectivity index (χ4v) is 1.48. The molecule has 0 bridgehead atoms. The van der Waals surface area contributed by atoms with Crippen LogP contribution in [-0.4, -0.2) is 22.0 Å². The van der Waals surface area contributed by atoms with Crippen LogP contribution in [0.5, 0.6) is 11.5 Å². The number of hydrogen-bond acceptors (Lipinski definition) is 4. The lowest BCUT2D eigenvalue weighted by atomic mass is 10.2. The minimum Gasteiger partial charge on any atom is -0.504 e. The van der Waals surface area contributed by atoms with Gasteiger partial charge in [0.1, 0.15) is 6.79 Å². The summed E-state index contributed by atoms with van der Waals surface area (Å²) in [5.41, 5.74) is 1.06. The largest absolute Gasteiger partial charge is 0.504 e. The maximum Gasteiger partial charge on any atom is 0.157 e. The minimum absolute atomic E-state index is 0.0764. The Hall–Kier alpha value is -2.88. The first kappa shape index (κ1) is 15.2. The van der Waals surface area contributed by atoms with Crippen molar-refractivity contribution in [2.75, 3.05) is 0 Å². The zero-order chi connectivity index (χ0) is 14.8. The lowest BCUT2D eigenvalue weighted by Crippen LogP contribution is -1.73. The molecule has 0 radical (unpaired) electrons. The van der Waals surface area contributed by atoms with Gasteiger partial charge in [0, 0.05) is 11.6 Å². The van der Waals surface area contributed by atoms with Crippen molar-refractivity contribution in [2.24, 2.45) is 0 Å². The predicted octanol–water partition coefficient (Wildman–Crippen LogP) is 3.15. The summed E-state index contributed by atoms with van der Waals surface area (Å²) in [5, 5.41) is 18.5. The molecular weight excluding hydrogens is 254 g/mol. The van der Waals surface area contributed by atoms with E-state index in [1.165, 1.54) is 17.5 Å². The van der Waals surface area contributed by atoms with E-state index >= 15 is 0 Å². The van der Waals surface area contributed by atoms with Gasteiger partial charge in [0.2, 0.25) is 0 Å². The molecule has 0 atom stereocenters. The van der Waals surface area contributed by atoms with Crippen LogP contribution in [0.25, 0.3) is 10.9 Å². The number of carbonyl (C=O) groups excluding carboxylic acids is 1. The van der Waals surface area contributed by atoms with E-state index in [9.17, 15) is 0 Å². The van der Waals surface area contributed by atoms with E-state index in [4.69, 9.17) is 15.0 Å². The van der Waals surface area contributed by atoms with Gasteiger partial charge in [-0.25, -0.2) is 0 Å². The number of benzene rings is 2. The van der Waals surface area contributed by atoms with Crippen molar-refractivity contribution in [3.63, 3.8) is 0 Å². The molecule has 3 rings (SSSR count). The van der Waals surface area contributed by atoms with Crippen molar-refractivity contribution in [1.29, 1.82) is 0 Å². The molecular formula is C16H15NO3. The van der Waals surface area contributed by atoms with E-state index in [1.54, 1.807) is 12.1 Å². The molecule has 0 aliphatic heterocycles. The van der Waals surface area contributed by atoms with Crippen LogP contribution in [0.2, 0.25) is 0 Å². The third kappa shape index (κ3) is 4.42. The van der Waals surface area contributed by atoms with Crippen LogP contribution in [0, 0.1) is 0 Å². The Morgan fingerprint density at radius 2 is 1.25 bits per heavy atom. The first-order chi connectivity index (χ1) is 9.77. The normalized spacial score (nSPS) is 8.80. The average molecular weight is 269 g/mol. The number of para-hydroxylation sites is 3. The van der Waals surface area contributed by atoms with Gasteiger partial charge in [-0.15, -0.1) is 0 Å². The van der Waals surface area contributed by atoms with E-state index in [2.05, 4.69) is 17.1 Å². The third-order valence-corrected chi connectivity index (χ3v) is 2.39. The Kier molecular flexibility index (Phi) is 6.27. The lowest BCUT2D eigenvalue weighted by molar-refractivity contribution is -0.0979. The Morgan fingerprint density at radius 1 is 0.750 bits per heavy atom. The van der Waals surface area contributed by atoms with E-state index in [1.807, 2.05) is 37.3 Å². The first-order valence-corrected chi connectivity index (χ1v) is 5.83. The summed E-state index contributed by atoms with van der Waals surface area (Å²) in [6.45, 7) is 2.00. The molecule has 0 fully saturated rings. The SMILES string of the molecule is C=O.Oc1ccccc1O.c1ccc2ncccc2c1. The molecule has 3 aromatic rings. The summed E-state index contributed by atoms with van der Waals surface area (Å²) in [6, 6.07) is 18.2. The average Bonchev–Trinajstić information content (AvgIpc) is 2.53. The fraction of sp³-hybridized carbons (Fsp3) is 0. The fourth-order valence-electron chi connectivity index (χ4n) is 1.48. The van der Waals surface area contributed by atoms with Gasteiger partial charge in [-0.2, -0.15) is 0 Å². The predicted molar refractivity (Wildman–Crippen MR) is 78.6 cm³/mol. The van der Waals surface area contributed by atoms with Crippen molar-refractivity contribution < 1.29 is 15.0 Å². The van der Waals surface area contributed by atoms with Gasteiger partial charge in [-0.1, -0.05) is 36.4 Å². The summed E-state index contributed by atoms with van der Waals surface area (Å²) in [5.74, 6) is -0.153. The van der Waals surface area contributed by atoms with Gasteiger partial charge in [0.25, 0.3) is 0 Å². The minimum atomic E-state index is -0.0764. The van der Waals surface area contributed by atoms with Crippen molar-refractivity contribution in [1.82, 2.24) is 4.98 Å². The summed E-state index contributed by atoms with van der Waals surface area (Å²) < 4.78 is 0. The number of aromatic nitrogens is 1. The van der Waals surface area contributed by atoms with E-state index in [0.717, 1.165) is 5.52 Å². The molecule has 0 saturated carbocycles. The monoisotopic (exact) mass is 269 g/mol. The zero-order valence-corrected chi connectivity index (χ0v) is 10.8. The Morgan fingerprint density at radius 3 is 1.80 bits per heavy atom. The van der Waals surface area contributed by atoms with E-state index in [0.29, 0.717) is 0 Å². The van der Waals surface area contributed by atoms with Gasteiger partial charge in [-0.05, 0) is 24.3 Å².